The van der Waals surface area contributed by atoms with Gasteiger partial charge in [0.15, 0.2) is 0 Å². The van der Waals surface area contributed by atoms with E-state index in [4.69, 9.17) is 0 Å². The molecule has 16 heavy (non-hydrogen) atoms. The predicted octanol–water partition coefficient (Wildman–Crippen LogP) is 3.65. The van der Waals surface area contributed by atoms with E-state index in [9.17, 15) is 0 Å². The van der Waals surface area contributed by atoms with Crippen molar-refractivity contribution in [2.45, 2.75) is 63.5 Å². The summed E-state index contributed by atoms with van der Waals surface area (Å²) in [7, 11) is 4.04. The first-order valence-electron chi connectivity index (χ1n) is 7.27. The topological polar surface area (TPSA) is 3.24 Å². The Balaban J connectivity index is 2.10. The maximum atomic E-state index is 2.68. The van der Waals surface area contributed by atoms with E-state index in [-0.39, 0.29) is 0 Å². The number of rotatable bonds is 3. The van der Waals surface area contributed by atoms with Crippen molar-refractivity contribution in [3.05, 3.63) is 0 Å². The molecule has 0 heterocycles. The van der Waals surface area contributed by atoms with Crippen LogP contribution >= 0.6 is 0 Å². The number of hydrogen-bond donors (Lipinski definition) is 0. The highest BCUT2D eigenvalue weighted by atomic mass is 28.3. The SMILES string of the molecule is CC1CCCC1[SiH](C1CCCC1C)N(C)C. The molecule has 0 spiro atoms. The molecule has 1 nitrogen and oxygen atoms in total. The van der Waals surface area contributed by atoms with E-state index in [0.29, 0.717) is 0 Å². The van der Waals surface area contributed by atoms with Gasteiger partial charge in [0.25, 0.3) is 0 Å². The van der Waals surface area contributed by atoms with E-state index in [0.717, 1.165) is 22.9 Å². The highest BCUT2D eigenvalue weighted by Crippen LogP contribution is 2.48. The summed E-state index contributed by atoms with van der Waals surface area (Å²) in [4.78, 5) is 0. The van der Waals surface area contributed by atoms with Crippen LogP contribution < -0.4 is 0 Å². The van der Waals surface area contributed by atoms with Crippen LogP contribution in [0.25, 0.3) is 0 Å². The van der Waals surface area contributed by atoms with Crippen LogP contribution in [0.15, 0.2) is 0 Å². The maximum absolute atomic E-state index is 2.68. The van der Waals surface area contributed by atoms with Crippen molar-refractivity contribution in [1.82, 2.24) is 4.57 Å². The molecule has 0 bridgehead atoms. The Morgan fingerprint density at radius 2 is 1.25 bits per heavy atom. The Kier molecular flexibility index (Phi) is 4.12. The minimum Gasteiger partial charge on any atom is -0.331 e. The van der Waals surface area contributed by atoms with Gasteiger partial charge >= 0.3 is 0 Å². The molecule has 0 amide bonds. The number of hydrogen-bond acceptors (Lipinski definition) is 1. The van der Waals surface area contributed by atoms with Crippen LogP contribution in [-0.4, -0.2) is 27.6 Å². The normalized spacial score (nSPS) is 41.8. The van der Waals surface area contributed by atoms with Crippen molar-refractivity contribution in [2.24, 2.45) is 11.8 Å². The Morgan fingerprint density at radius 3 is 1.50 bits per heavy atom. The van der Waals surface area contributed by atoms with Crippen LogP contribution in [0.3, 0.4) is 0 Å². The first-order chi connectivity index (χ1) is 7.61. The largest absolute Gasteiger partial charge is 0.331 e. The van der Waals surface area contributed by atoms with Gasteiger partial charge in [-0.05, 0) is 37.0 Å². The molecule has 2 aliphatic carbocycles. The molecular formula is C14H29NSi. The zero-order chi connectivity index (χ0) is 11.7. The summed E-state index contributed by atoms with van der Waals surface area (Å²) in [6.07, 6.45) is 9.10. The van der Waals surface area contributed by atoms with Crippen molar-refractivity contribution in [3.8, 4) is 0 Å². The molecule has 2 fully saturated rings. The second kappa shape index (κ2) is 5.22. The molecule has 0 radical (unpaired) electrons. The fraction of sp³-hybridized carbons (Fsp3) is 1.00. The first kappa shape index (κ1) is 12.6. The Hall–Kier alpha value is 0.177. The molecule has 2 aliphatic rings. The van der Waals surface area contributed by atoms with Gasteiger partial charge in [-0.2, -0.15) is 0 Å². The fourth-order valence-electron chi connectivity index (χ4n) is 4.45. The Labute approximate surface area is 103 Å². The molecule has 4 atom stereocenters. The van der Waals surface area contributed by atoms with Crippen molar-refractivity contribution >= 4 is 8.96 Å². The molecule has 2 heteroatoms. The van der Waals surface area contributed by atoms with Gasteiger partial charge in [0.1, 0.15) is 8.96 Å². The van der Waals surface area contributed by atoms with Gasteiger partial charge in [0.05, 0.1) is 0 Å². The molecule has 94 valence electrons. The first-order valence-corrected chi connectivity index (χ1v) is 9.12. The van der Waals surface area contributed by atoms with Gasteiger partial charge in [-0.15, -0.1) is 0 Å². The monoisotopic (exact) mass is 239 g/mol. The average molecular weight is 239 g/mol. The smallest absolute Gasteiger partial charge is 0.118 e. The zero-order valence-electron chi connectivity index (χ0n) is 11.6. The second-order valence-electron chi connectivity index (χ2n) is 6.60. The standard InChI is InChI=1S/C14H29NSi/c1-11-7-5-9-13(11)16(15(3)4)14-10-6-8-12(14)2/h11-14,16H,5-10H2,1-4H3. The highest BCUT2D eigenvalue weighted by Gasteiger charge is 2.41. The molecule has 0 aromatic rings. The molecule has 2 rings (SSSR count). The summed E-state index contributed by atoms with van der Waals surface area (Å²) < 4.78 is 2.68. The van der Waals surface area contributed by atoms with Crippen LogP contribution in [0.2, 0.25) is 11.1 Å². The molecular weight excluding hydrogens is 210 g/mol. The van der Waals surface area contributed by atoms with Crippen LogP contribution in [0.1, 0.15) is 52.4 Å². The van der Waals surface area contributed by atoms with Crippen molar-refractivity contribution in [2.75, 3.05) is 14.1 Å². The number of nitrogens with zero attached hydrogens (tertiary/aromatic N) is 1. The molecule has 0 aromatic heterocycles. The lowest BCUT2D eigenvalue weighted by molar-refractivity contribution is 0.493. The summed E-state index contributed by atoms with van der Waals surface area (Å²) in [6, 6.07) is 0. The third kappa shape index (κ3) is 2.38. The van der Waals surface area contributed by atoms with Gasteiger partial charge in [-0.1, -0.05) is 52.4 Å². The zero-order valence-corrected chi connectivity index (χ0v) is 12.7. The van der Waals surface area contributed by atoms with Crippen molar-refractivity contribution in [1.29, 1.82) is 0 Å². The van der Waals surface area contributed by atoms with Gasteiger partial charge in [0, 0.05) is 0 Å². The van der Waals surface area contributed by atoms with E-state index in [2.05, 4.69) is 32.5 Å². The minimum atomic E-state index is -0.694. The third-order valence-corrected chi connectivity index (χ3v) is 10.3. The third-order valence-electron chi connectivity index (χ3n) is 5.33. The fourth-order valence-corrected chi connectivity index (χ4v) is 9.50. The van der Waals surface area contributed by atoms with Gasteiger partial charge in [-0.25, -0.2) is 0 Å². The van der Waals surface area contributed by atoms with E-state index >= 15 is 0 Å². The van der Waals surface area contributed by atoms with E-state index < -0.39 is 8.96 Å². The van der Waals surface area contributed by atoms with Crippen LogP contribution in [0.5, 0.6) is 0 Å². The summed E-state index contributed by atoms with van der Waals surface area (Å²) in [5.74, 6) is 2.04. The van der Waals surface area contributed by atoms with E-state index in [1.807, 2.05) is 0 Å². The van der Waals surface area contributed by atoms with E-state index in [1.165, 1.54) is 25.7 Å². The van der Waals surface area contributed by atoms with Gasteiger partial charge < -0.3 is 4.57 Å². The van der Waals surface area contributed by atoms with Crippen molar-refractivity contribution in [3.63, 3.8) is 0 Å². The molecule has 4 unspecified atom stereocenters. The lowest BCUT2D eigenvalue weighted by Crippen LogP contribution is -2.43. The summed E-state index contributed by atoms with van der Waals surface area (Å²) in [6.45, 7) is 5.03. The lowest BCUT2D eigenvalue weighted by Gasteiger charge is -2.37. The highest BCUT2D eigenvalue weighted by molar-refractivity contribution is 6.59. The Morgan fingerprint density at radius 1 is 0.812 bits per heavy atom. The van der Waals surface area contributed by atoms with Gasteiger partial charge in [0.2, 0.25) is 0 Å². The Bertz CT molecular complexity index is 209. The van der Waals surface area contributed by atoms with Crippen LogP contribution in [-0.2, 0) is 0 Å². The maximum Gasteiger partial charge on any atom is 0.118 e. The summed E-state index contributed by atoms with van der Waals surface area (Å²) in [5.41, 5.74) is 2.22. The molecule has 2 saturated carbocycles. The summed E-state index contributed by atoms with van der Waals surface area (Å²) >= 11 is 0. The molecule has 0 aliphatic heterocycles. The van der Waals surface area contributed by atoms with Gasteiger partial charge in [-0.3, -0.25) is 0 Å². The lowest BCUT2D eigenvalue weighted by atomic mass is 10.1. The van der Waals surface area contributed by atoms with E-state index in [1.54, 1.807) is 12.8 Å². The van der Waals surface area contributed by atoms with Crippen molar-refractivity contribution < 1.29 is 0 Å². The van der Waals surface area contributed by atoms with Crippen LogP contribution in [0, 0.1) is 11.8 Å². The minimum absolute atomic E-state index is 0.694. The van der Waals surface area contributed by atoms with Crippen LogP contribution in [0.4, 0.5) is 0 Å². The molecule has 0 saturated heterocycles. The predicted molar refractivity (Wildman–Crippen MR) is 74.4 cm³/mol. The molecule has 0 aromatic carbocycles. The second-order valence-corrected chi connectivity index (χ2v) is 10.3. The summed E-state index contributed by atoms with van der Waals surface area (Å²) in [5, 5.41) is 0. The molecule has 0 N–H and O–H groups in total. The average Bonchev–Trinajstić information content (AvgIpc) is 2.79. The quantitative estimate of drug-likeness (QED) is 0.680.